The summed E-state index contributed by atoms with van der Waals surface area (Å²) in [6.45, 7) is 2.14. The van der Waals surface area contributed by atoms with Crippen molar-refractivity contribution in [1.82, 2.24) is 5.32 Å². The summed E-state index contributed by atoms with van der Waals surface area (Å²) in [5.41, 5.74) is 2.66. The van der Waals surface area contributed by atoms with E-state index in [-0.39, 0.29) is 6.04 Å². The minimum atomic E-state index is 0.236. The van der Waals surface area contributed by atoms with Crippen LogP contribution in [0, 0.1) is 6.92 Å². The lowest BCUT2D eigenvalue weighted by Gasteiger charge is -2.14. The molecule has 0 saturated heterocycles. The highest BCUT2D eigenvalue weighted by molar-refractivity contribution is 9.11. The molecule has 16 heavy (non-hydrogen) atoms. The Balaban J connectivity index is 2.40. The van der Waals surface area contributed by atoms with Crippen molar-refractivity contribution in [3.05, 3.63) is 41.6 Å². The Bertz CT molecular complexity index is 472. The molecule has 0 aliphatic rings. The minimum absolute atomic E-state index is 0.236. The fourth-order valence-electron chi connectivity index (χ4n) is 1.62. The molecular weight excluding hydrogens is 326 g/mol. The maximum absolute atomic E-state index is 6.07. The Hall–Kier alpha value is 0.130. The van der Waals surface area contributed by atoms with E-state index in [1.807, 2.05) is 13.1 Å². The topological polar surface area (TPSA) is 12.0 Å². The zero-order chi connectivity index (χ0) is 11.7. The summed E-state index contributed by atoms with van der Waals surface area (Å²) in [5, 5.41) is 8.49. The third kappa shape index (κ3) is 2.36. The first kappa shape index (κ1) is 12.6. The molecule has 0 aromatic carbocycles. The smallest absolute Gasteiger partial charge is 0.0888 e. The molecule has 0 saturated carbocycles. The second-order valence-electron chi connectivity index (χ2n) is 3.50. The third-order valence-electron chi connectivity index (χ3n) is 2.44. The van der Waals surface area contributed by atoms with Crippen molar-refractivity contribution >= 4 is 50.2 Å². The van der Waals surface area contributed by atoms with Crippen LogP contribution in [0.15, 0.2) is 20.6 Å². The van der Waals surface area contributed by atoms with Gasteiger partial charge in [-0.1, -0.05) is 11.6 Å². The van der Waals surface area contributed by atoms with E-state index in [0.717, 1.165) is 8.81 Å². The molecule has 2 aromatic heterocycles. The van der Waals surface area contributed by atoms with Crippen molar-refractivity contribution in [1.29, 1.82) is 0 Å². The quantitative estimate of drug-likeness (QED) is 0.845. The van der Waals surface area contributed by atoms with E-state index in [4.69, 9.17) is 11.6 Å². The molecule has 1 unspecified atom stereocenters. The van der Waals surface area contributed by atoms with Crippen LogP contribution in [0.3, 0.4) is 0 Å². The highest BCUT2D eigenvalue weighted by Crippen LogP contribution is 2.38. The van der Waals surface area contributed by atoms with Crippen molar-refractivity contribution < 1.29 is 0 Å². The Morgan fingerprint density at radius 3 is 2.62 bits per heavy atom. The number of halogens is 2. The maximum Gasteiger partial charge on any atom is 0.0888 e. The number of aryl methyl sites for hydroxylation is 1. The van der Waals surface area contributed by atoms with E-state index in [1.54, 1.807) is 22.7 Å². The number of rotatable bonds is 3. The van der Waals surface area contributed by atoms with Crippen molar-refractivity contribution in [3.63, 3.8) is 0 Å². The molecule has 2 rings (SSSR count). The molecule has 0 bridgehead atoms. The van der Waals surface area contributed by atoms with E-state index < -0.39 is 0 Å². The number of nitrogens with one attached hydrogen (secondary N) is 1. The average molecular weight is 337 g/mol. The van der Waals surface area contributed by atoms with Crippen LogP contribution in [-0.4, -0.2) is 7.05 Å². The molecule has 0 radical (unpaired) electrons. The highest BCUT2D eigenvalue weighted by atomic mass is 79.9. The third-order valence-corrected chi connectivity index (χ3v) is 5.86. The molecule has 1 nitrogen and oxygen atoms in total. The molecule has 0 spiro atoms. The van der Waals surface area contributed by atoms with Gasteiger partial charge in [0, 0.05) is 4.88 Å². The largest absolute Gasteiger partial charge is 0.309 e. The summed E-state index contributed by atoms with van der Waals surface area (Å²) in [4.78, 5) is 1.24. The summed E-state index contributed by atoms with van der Waals surface area (Å²) in [6.07, 6.45) is 0. The summed E-state index contributed by atoms with van der Waals surface area (Å²) in [6, 6.07) is 2.26. The van der Waals surface area contributed by atoms with Crippen LogP contribution in [0.2, 0.25) is 5.02 Å². The SMILES string of the molecule is CNC(c1cc(Cl)c(Br)s1)c1cscc1C. The molecule has 0 amide bonds. The van der Waals surface area contributed by atoms with Crippen LogP contribution in [0.4, 0.5) is 0 Å². The minimum Gasteiger partial charge on any atom is -0.309 e. The van der Waals surface area contributed by atoms with E-state index >= 15 is 0 Å². The first-order valence-electron chi connectivity index (χ1n) is 4.78. The van der Waals surface area contributed by atoms with Gasteiger partial charge >= 0.3 is 0 Å². The Morgan fingerprint density at radius 2 is 2.19 bits per heavy atom. The molecule has 1 N–H and O–H groups in total. The van der Waals surface area contributed by atoms with Gasteiger partial charge in [0.2, 0.25) is 0 Å². The maximum atomic E-state index is 6.07. The molecule has 86 valence electrons. The Labute approximate surface area is 117 Å². The van der Waals surface area contributed by atoms with Crippen molar-refractivity contribution in [2.75, 3.05) is 7.05 Å². The molecular formula is C11H11BrClNS2. The second kappa shape index (κ2) is 5.19. The van der Waals surface area contributed by atoms with Gasteiger partial charge in [-0.2, -0.15) is 11.3 Å². The summed E-state index contributed by atoms with van der Waals surface area (Å²) < 4.78 is 0.997. The zero-order valence-corrected chi connectivity index (χ0v) is 12.9. The van der Waals surface area contributed by atoms with Crippen molar-refractivity contribution in [3.8, 4) is 0 Å². The predicted molar refractivity (Wildman–Crippen MR) is 77.0 cm³/mol. The van der Waals surface area contributed by atoms with Gasteiger partial charge in [-0.05, 0) is 57.9 Å². The fraction of sp³-hybridized carbons (Fsp3) is 0.273. The summed E-state index contributed by atoms with van der Waals surface area (Å²) in [7, 11) is 1.98. The van der Waals surface area contributed by atoms with Gasteiger partial charge in [0.15, 0.2) is 0 Å². The van der Waals surface area contributed by atoms with Gasteiger partial charge in [-0.25, -0.2) is 0 Å². The predicted octanol–water partition coefficient (Wildman–Crippen LogP) is 4.84. The van der Waals surface area contributed by atoms with Crippen LogP contribution in [0.1, 0.15) is 22.0 Å². The van der Waals surface area contributed by atoms with Crippen LogP contribution in [-0.2, 0) is 0 Å². The standard InChI is InChI=1S/C11H11BrClNS2/c1-6-4-15-5-7(6)10(14-2)9-3-8(13)11(12)16-9/h3-5,10,14H,1-2H3. The van der Waals surface area contributed by atoms with E-state index in [1.165, 1.54) is 16.0 Å². The summed E-state index contributed by atoms with van der Waals surface area (Å²) in [5.74, 6) is 0. The van der Waals surface area contributed by atoms with Gasteiger partial charge in [0.1, 0.15) is 0 Å². The fourth-order valence-corrected chi connectivity index (χ4v) is 4.38. The number of hydrogen-bond acceptors (Lipinski definition) is 3. The van der Waals surface area contributed by atoms with Crippen LogP contribution < -0.4 is 5.32 Å². The molecule has 5 heteroatoms. The number of thiophene rings is 2. The normalized spacial score (nSPS) is 13.0. The molecule has 2 heterocycles. The molecule has 0 fully saturated rings. The number of hydrogen-bond donors (Lipinski definition) is 1. The summed E-state index contributed by atoms with van der Waals surface area (Å²) >= 11 is 12.9. The van der Waals surface area contributed by atoms with Gasteiger partial charge in [0.25, 0.3) is 0 Å². The van der Waals surface area contributed by atoms with E-state index in [2.05, 4.69) is 38.9 Å². The van der Waals surface area contributed by atoms with Crippen LogP contribution in [0.5, 0.6) is 0 Å². The van der Waals surface area contributed by atoms with Crippen molar-refractivity contribution in [2.45, 2.75) is 13.0 Å². The van der Waals surface area contributed by atoms with Crippen molar-refractivity contribution in [2.24, 2.45) is 0 Å². The molecule has 0 aliphatic heterocycles. The van der Waals surface area contributed by atoms with Gasteiger partial charge in [0.05, 0.1) is 14.9 Å². The lowest BCUT2D eigenvalue weighted by molar-refractivity contribution is 0.702. The second-order valence-corrected chi connectivity index (χ2v) is 7.05. The van der Waals surface area contributed by atoms with Gasteiger partial charge in [-0.15, -0.1) is 11.3 Å². The molecule has 0 aliphatic carbocycles. The average Bonchev–Trinajstić information content (AvgIpc) is 2.78. The Kier molecular flexibility index (Phi) is 4.08. The lowest BCUT2D eigenvalue weighted by atomic mass is 10.1. The first-order chi connectivity index (χ1) is 7.63. The van der Waals surface area contributed by atoms with Gasteiger partial charge < -0.3 is 5.32 Å². The first-order valence-corrected chi connectivity index (χ1v) is 7.71. The van der Waals surface area contributed by atoms with E-state index in [0.29, 0.717) is 0 Å². The monoisotopic (exact) mass is 335 g/mol. The van der Waals surface area contributed by atoms with E-state index in [9.17, 15) is 0 Å². The van der Waals surface area contributed by atoms with Crippen LogP contribution >= 0.6 is 50.2 Å². The van der Waals surface area contributed by atoms with Crippen LogP contribution in [0.25, 0.3) is 0 Å². The highest BCUT2D eigenvalue weighted by Gasteiger charge is 2.18. The van der Waals surface area contributed by atoms with Gasteiger partial charge in [-0.3, -0.25) is 0 Å². The Morgan fingerprint density at radius 1 is 1.44 bits per heavy atom. The molecule has 1 atom stereocenters. The zero-order valence-electron chi connectivity index (χ0n) is 8.88. The lowest BCUT2D eigenvalue weighted by Crippen LogP contribution is -2.16. The molecule has 2 aromatic rings.